The van der Waals surface area contributed by atoms with Crippen molar-refractivity contribution in [1.29, 1.82) is 0 Å². The van der Waals surface area contributed by atoms with Crippen LogP contribution in [0.3, 0.4) is 0 Å². The molecular weight excluding hydrogens is 398 g/mol. The Labute approximate surface area is 190 Å². The summed E-state index contributed by atoms with van der Waals surface area (Å²) in [6.07, 6.45) is 0.938. The monoisotopic (exact) mass is 429 g/mol. The van der Waals surface area contributed by atoms with Crippen molar-refractivity contribution in [2.24, 2.45) is 0 Å². The average molecular weight is 430 g/mol. The lowest BCUT2D eigenvalue weighted by atomic mass is 9.99. The van der Waals surface area contributed by atoms with Crippen LogP contribution in [-0.4, -0.2) is 57.2 Å². The van der Waals surface area contributed by atoms with Crippen LogP contribution in [0.5, 0.6) is 5.75 Å². The molecule has 3 aromatic carbocycles. The van der Waals surface area contributed by atoms with E-state index in [2.05, 4.69) is 27.2 Å². The third kappa shape index (κ3) is 5.29. The number of nitrogens with zero attached hydrogens (tertiary/aromatic N) is 2. The highest BCUT2D eigenvalue weighted by molar-refractivity contribution is 6.00. The molecule has 166 valence electrons. The second-order valence-electron chi connectivity index (χ2n) is 8.02. The first-order chi connectivity index (χ1) is 15.8. The van der Waals surface area contributed by atoms with E-state index in [1.807, 2.05) is 66.7 Å². The number of anilines is 1. The minimum Gasteiger partial charge on any atom is -0.495 e. The van der Waals surface area contributed by atoms with Crippen LogP contribution in [0.25, 0.3) is 11.1 Å². The van der Waals surface area contributed by atoms with Crippen LogP contribution in [0, 0.1) is 0 Å². The molecule has 1 amide bonds. The van der Waals surface area contributed by atoms with Crippen LogP contribution in [0.4, 0.5) is 5.69 Å². The normalized spacial score (nSPS) is 14.2. The largest absolute Gasteiger partial charge is 0.495 e. The molecule has 5 nitrogen and oxygen atoms in total. The number of hydrogen-bond acceptors (Lipinski definition) is 4. The number of nitrogens with one attached hydrogen (secondary N) is 1. The van der Waals surface area contributed by atoms with E-state index in [0.717, 1.165) is 61.6 Å². The maximum atomic E-state index is 12.8. The number of ether oxygens (including phenoxy) is 1. The van der Waals surface area contributed by atoms with Crippen LogP contribution in [0.2, 0.25) is 0 Å². The van der Waals surface area contributed by atoms with Gasteiger partial charge in [-0.3, -0.25) is 9.69 Å². The maximum absolute atomic E-state index is 12.8. The van der Waals surface area contributed by atoms with E-state index in [-0.39, 0.29) is 5.91 Å². The number of para-hydroxylation sites is 2. The summed E-state index contributed by atoms with van der Waals surface area (Å²) in [6.45, 7) is 5.66. The van der Waals surface area contributed by atoms with Gasteiger partial charge in [0.2, 0.25) is 0 Å². The first-order valence-corrected chi connectivity index (χ1v) is 11.3. The van der Waals surface area contributed by atoms with Gasteiger partial charge in [0.25, 0.3) is 5.91 Å². The van der Waals surface area contributed by atoms with Gasteiger partial charge in [0, 0.05) is 38.3 Å². The van der Waals surface area contributed by atoms with Gasteiger partial charge < -0.3 is 15.0 Å². The summed E-state index contributed by atoms with van der Waals surface area (Å²) < 4.78 is 5.50. The van der Waals surface area contributed by atoms with Crippen LogP contribution in [-0.2, 0) is 0 Å². The molecule has 0 unspecified atom stereocenters. The molecule has 1 aliphatic rings. The second-order valence-corrected chi connectivity index (χ2v) is 8.02. The van der Waals surface area contributed by atoms with E-state index in [1.165, 1.54) is 5.69 Å². The van der Waals surface area contributed by atoms with E-state index in [0.29, 0.717) is 6.54 Å². The molecule has 0 bridgehead atoms. The van der Waals surface area contributed by atoms with Crippen molar-refractivity contribution < 1.29 is 9.53 Å². The maximum Gasteiger partial charge on any atom is 0.251 e. The van der Waals surface area contributed by atoms with Gasteiger partial charge in [-0.05, 0) is 42.3 Å². The van der Waals surface area contributed by atoms with Gasteiger partial charge >= 0.3 is 0 Å². The third-order valence-electron chi connectivity index (χ3n) is 5.99. The number of amides is 1. The number of carbonyl (C=O) groups is 1. The van der Waals surface area contributed by atoms with Gasteiger partial charge in [-0.2, -0.15) is 0 Å². The first kappa shape index (κ1) is 21.9. The summed E-state index contributed by atoms with van der Waals surface area (Å²) in [6, 6.07) is 26.1. The van der Waals surface area contributed by atoms with E-state index in [1.54, 1.807) is 7.11 Å². The number of rotatable bonds is 8. The van der Waals surface area contributed by atoms with Crippen molar-refractivity contribution in [1.82, 2.24) is 10.2 Å². The molecule has 1 N–H and O–H groups in total. The van der Waals surface area contributed by atoms with Crippen molar-refractivity contribution in [2.45, 2.75) is 6.42 Å². The van der Waals surface area contributed by atoms with Gasteiger partial charge in [0.05, 0.1) is 12.8 Å². The van der Waals surface area contributed by atoms with Crippen molar-refractivity contribution in [2.75, 3.05) is 51.3 Å². The Hall–Kier alpha value is -3.31. The predicted molar refractivity (Wildman–Crippen MR) is 130 cm³/mol. The van der Waals surface area contributed by atoms with E-state index in [4.69, 9.17) is 4.74 Å². The zero-order valence-corrected chi connectivity index (χ0v) is 18.7. The van der Waals surface area contributed by atoms with Crippen molar-refractivity contribution >= 4 is 11.6 Å². The van der Waals surface area contributed by atoms with E-state index in [9.17, 15) is 4.79 Å². The fourth-order valence-electron chi connectivity index (χ4n) is 4.25. The first-order valence-electron chi connectivity index (χ1n) is 11.3. The number of piperazine rings is 1. The van der Waals surface area contributed by atoms with Crippen LogP contribution in [0.15, 0.2) is 78.9 Å². The number of methoxy groups -OCH3 is 1. The number of carbonyl (C=O) groups excluding carboxylic acids is 1. The van der Waals surface area contributed by atoms with Crippen LogP contribution in [0.1, 0.15) is 16.8 Å². The molecule has 5 heteroatoms. The molecule has 0 aliphatic carbocycles. The number of benzene rings is 3. The van der Waals surface area contributed by atoms with Gasteiger partial charge in [-0.1, -0.05) is 60.7 Å². The molecular formula is C27H31N3O2. The van der Waals surface area contributed by atoms with Gasteiger partial charge in [0.15, 0.2) is 0 Å². The summed E-state index contributed by atoms with van der Waals surface area (Å²) in [4.78, 5) is 17.7. The highest BCUT2D eigenvalue weighted by Gasteiger charge is 2.19. The molecule has 0 atom stereocenters. The summed E-state index contributed by atoms with van der Waals surface area (Å²) >= 11 is 0. The van der Waals surface area contributed by atoms with Gasteiger partial charge in [-0.25, -0.2) is 0 Å². The van der Waals surface area contributed by atoms with Gasteiger partial charge in [0.1, 0.15) is 5.75 Å². The molecule has 0 aromatic heterocycles. The molecule has 0 spiro atoms. The zero-order chi connectivity index (χ0) is 22.2. The van der Waals surface area contributed by atoms with Gasteiger partial charge in [-0.15, -0.1) is 0 Å². The summed E-state index contributed by atoms with van der Waals surface area (Å²) in [5.41, 5.74) is 3.92. The summed E-state index contributed by atoms with van der Waals surface area (Å²) in [5.74, 6) is 0.921. The minimum atomic E-state index is -0.00885. The lowest BCUT2D eigenvalue weighted by Crippen LogP contribution is -2.47. The Morgan fingerprint density at radius 2 is 1.56 bits per heavy atom. The Morgan fingerprint density at radius 1 is 0.875 bits per heavy atom. The Kier molecular flexibility index (Phi) is 7.41. The molecule has 0 radical (unpaired) electrons. The fourth-order valence-corrected chi connectivity index (χ4v) is 4.25. The highest BCUT2D eigenvalue weighted by Crippen LogP contribution is 2.28. The van der Waals surface area contributed by atoms with Crippen LogP contribution >= 0.6 is 0 Å². The Morgan fingerprint density at radius 3 is 2.34 bits per heavy atom. The number of hydrogen-bond donors (Lipinski definition) is 1. The Bertz CT molecular complexity index is 1010. The molecule has 0 saturated carbocycles. The average Bonchev–Trinajstić information content (AvgIpc) is 2.87. The molecule has 1 aliphatic heterocycles. The molecule has 32 heavy (non-hydrogen) atoms. The second kappa shape index (κ2) is 10.8. The van der Waals surface area contributed by atoms with Crippen molar-refractivity contribution in [3.8, 4) is 16.9 Å². The quantitative estimate of drug-likeness (QED) is 0.542. The van der Waals surface area contributed by atoms with Crippen molar-refractivity contribution in [3.63, 3.8) is 0 Å². The summed E-state index contributed by atoms with van der Waals surface area (Å²) in [7, 11) is 1.72. The summed E-state index contributed by atoms with van der Waals surface area (Å²) in [5, 5.41) is 3.11. The standard InChI is InChI=1S/C27H31N3O2/c1-32-26-15-8-7-14-25(26)30-20-18-29(19-21-30)17-9-16-28-27(31)24-13-6-5-12-23(24)22-10-3-2-4-11-22/h2-8,10-15H,9,16-21H2,1H3,(H,28,31). The van der Waals surface area contributed by atoms with E-state index >= 15 is 0 Å². The minimum absolute atomic E-state index is 0.00885. The lowest BCUT2D eigenvalue weighted by molar-refractivity contribution is 0.0952. The van der Waals surface area contributed by atoms with Crippen LogP contribution < -0.4 is 15.0 Å². The predicted octanol–water partition coefficient (Wildman–Crippen LogP) is 4.30. The molecule has 3 aromatic rings. The smallest absolute Gasteiger partial charge is 0.251 e. The molecule has 1 fully saturated rings. The highest BCUT2D eigenvalue weighted by atomic mass is 16.5. The lowest BCUT2D eigenvalue weighted by Gasteiger charge is -2.36. The zero-order valence-electron chi connectivity index (χ0n) is 18.7. The topological polar surface area (TPSA) is 44.8 Å². The van der Waals surface area contributed by atoms with Crippen molar-refractivity contribution in [3.05, 3.63) is 84.4 Å². The molecule has 4 rings (SSSR count). The fraction of sp³-hybridized carbons (Fsp3) is 0.296. The van der Waals surface area contributed by atoms with E-state index < -0.39 is 0 Å². The third-order valence-corrected chi connectivity index (χ3v) is 5.99. The molecule has 1 heterocycles. The SMILES string of the molecule is COc1ccccc1N1CCN(CCCNC(=O)c2ccccc2-c2ccccc2)CC1. The Balaban J connectivity index is 1.23. The molecule has 1 saturated heterocycles.